The fourth-order valence-corrected chi connectivity index (χ4v) is 2.63. The Morgan fingerprint density at radius 1 is 1.24 bits per heavy atom. The van der Waals surface area contributed by atoms with Gasteiger partial charge in [-0.25, -0.2) is 0 Å². The molecule has 0 aromatic rings. The van der Waals surface area contributed by atoms with Crippen LogP contribution in [0, 0.1) is 11.8 Å². The maximum absolute atomic E-state index is 5.24. The van der Waals surface area contributed by atoms with Crippen molar-refractivity contribution in [2.45, 2.75) is 39.7 Å². The first-order valence-electron chi connectivity index (χ1n) is 7.07. The van der Waals surface area contributed by atoms with Gasteiger partial charge < -0.3 is 15.0 Å². The molecule has 3 nitrogen and oxygen atoms in total. The maximum Gasteiger partial charge on any atom is 0.0500 e. The molecule has 0 aromatic carbocycles. The molecule has 0 bridgehead atoms. The summed E-state index contributed by atoms with van der Waals surface area (Å²) in [5.41, 5.74) is 0. The van der Waals surface area contributed by atoms with Gasteiger partial charge in [0, 0.05) is 32.8 Å². The van der Waals surface area contributed by atoms with Gasteiger partial charge in [0.15, 0.2) is 0 Å². The SMILES string of the molecule is COCC(C)CN(CC1CCNCC1)C(C)C. The van der Waals surface area contributed by atoms with Crippen molar-refractivity contribution in [3.63, 3.8) is 0 Å². The van der Waals surface area contributed by atoms with Crippen LogP contribution in [0.1, 0.15) is 33.6 Å². The van der Waals surface area contributed by atoms with Crippen LogP contribution in [-0.2, 0) is 4.74 Å². The third kappa shape index (κ3) is 5.84. The zero-order valence-corrected chi connectivity index (χ0v) is 12.0. The van der Waals surface area contributed by atoms with E-state index < -0.39 is 0 Å². The summed E-state index contributed by atoms with van der Waals surface area (Å²) >= 11 is 0. The van der Waals surface area contributed by atoms with E-state index in [1.165, 1.54) is 32.5 Å². The first kappa shape index (κ1) is 14.9. The number of rotatable bonds is 7. The molecule has 0 saturated carbocycles. The van der Waals surface area contributed by atoms with Crippen molar-refractivity contribution in [3.05, 3.63) is 0 Å². The van der Waals surface area contributed by atoms with E-state index in [0.717, 1.165) is 19.1 Å². The van der Waals surface area contributed by atoms with Crippen LogP contribution in [0.3, 0.4) is 0 Å². The molecular formula is C14H30N2O. The van der Waals surface area contributed by atoms with Gasteiger partial charge in [0.05, 0.1) is 0 Å². The molecule has 1 aliphatic rings. The van der Waals surface area contributed by atoms with E-state index in [0.29, 0.717) is 12.0 Å². The van der Waals surface area contributed by atoms with Crippen LogP contribution in [-0.4, -0.2) is 50.8 Å². The van der Waals surface area contributed by atoms with Gasteiger partial charge in [-0.05, 0) is 51.6 Å². The van der Waals surface area contributed by atoms with Crippen LogP contribution >= 0.6 is 0 Å². The summed E-state index contributed by atoms with van der Waals surface area (Å²) in [4.78, 5) is 2.62. The Hall–Kier alpha value is -0.120. The highest BCUT2D eigenvalue weighted by Gasteiger charge is 2.20. The van der Waals surface area contributed by atoms with Crippen molar-refractivity contribution < 1.29 is 4.74 Å². The number of methoxy groups -OCH3 is 1. The molecule has 0 aromatic heterocycles. The smallest absolute Gasteiger partial charge is 0.0500 e. The highest BCUT2D eigenvalue weighted by atomic mass is 16.5. The number of ether oxygens (including phenoxy) is 1. The number of hydrogen-bond acceptors (Lipinski definition) is 3. The summed E-state index contributed by atoms with van der Waals surface area (Å²) in [5.74, 6) is 1.51. The minimum atomic E-state index is 0.629. The molecule has 1 rings (SSSR count). The minimum absolute atomic E-state index is 0.629. The van der Waals surface area contributed by atoms with Crippen LogP contribution in [0.25, 0.3) is 0 Å². The summed E-state index contributed by atoms with van der Waals surface area (Å²) in [6, 6.07) is 0.643. The van der Waals surface area contributed by atoms with Gasteiger partial charge in [-0.3, -0.25) is 0 Å². The van der Waals surface area contributed by atoms with Gasteiger partial charge in [0.2, 0.25) is 0 Å². The van der Waals surface area contributed by atoms with Gasteiger partial charge in [-0.2, -0.15) is 0 Å². The van der Waals surface area contributed by atoms with Crippen molar-refractivity contribution in [1.29, 1.82) is 0 Å². The number of nitrogens with zero attached hydrogens (tertiary/aromatic N) is 1. The van der Waals surface area contributed by atoms with E-state index in [9.17, 15) is 0 Å². The van der Waals surface area contributed by atoms with Crippen LogP contribution < -0.4 is 5.32 Å². The van der Waals surface area contributed by atoms with Crippen LogP contribution in [0.5, 0.6) is 0 Å². The molecule has 102 valence electrons. The molecule has 0 aliphatic carbocycles. The second kappa shape index (κ2) is 8.06. The zero-order chi connectivity index (χ0) is 12.7. The Labute approximate surface area is 107 Å². The molecule has 1 unspecified atom stereocenters. The number of nitrogens with one attached hydrogen (secondary N) is 1. The number of piperidine rings is 1. The molecule has 0 spiro atoms. The third-order valence-corrected chi connectivity index (χ3v) is 3.68. The maximum atomic E-state index is 5.24. The molecule has 1 fully saturated rings. The third-order valence-electron chi connectivity index (χ3n) is 3.68. The second-order valence-corrected chi connectivity index (χ2v) is 5.80. The molecule has 1 aliphatic heterocycles. The average Bonchev–Trinajstić information content (AvgIpc) is 2.29. The van der Waals surface area contributed by atoms with Gasteiger partial charge >= 0.3 is 0 Å². The van der Waals surface area contributed by atoms with E-state index in [2.05, 4.69) is 31.0 Å². The molecule has 1 N–H and O–H groups in total. The van der Waals surface area contributed by atoms with Gasteiger partial charge in [-0.15, -0.1) is 0 Å². The summed E-state index contributed by atoms with van der Waals surface area (Å²) in [5, 5.41) is 3.44. The monoisotopic (exact) mass is 242 g/mol. The first-order chi connectivity index (χ1) is 8.13. The Morgan fingerprint density at radius 3 is 2.41 bits per heavy atom. The highest BCUT2D eigenvalue weighted by molar-refractivity contribution is 4.75. The van der Waals surface area contributed by atoms with Crippen LogP contribution in [0.2, 0.25) is 0 Å². The predicted octanol–water partition coefficient (Wildman–Crippen LogP) is 1.98. The van der Waals surface area contributed by atoms with Gasteiger partial charge in [-0.1, -0.05) is 6.92 Å². The van der Waals surface area contributed by atoms with E-state index in [1.54, 1.807) is 7.11 Å². The Bertz CT molecular complexity index is 191. The quantitative estimate of drug-likeness (QED) is 0.739. The van der Waals surface area contributed by atoms with Crippen molar-refractivity contribution in [2.75, 3.05) is 39.9 Å². The summed E-state index contributed by atoms with van der Waals surface area (Å²) in [7, 11) is 1.79. The van der Waals surface area contributed by atoms with E-state index in [1.807, 2.05) is 0 Å². The molecule has 3 heteroatoms. The fraction of sp³-hybridized carbons (Fsp3) is 1.00. The molecule has 1 atom stereocenters. The van der Waals surface area contributed by atoms with Crippen LogP contribution in [0.4, 0.5) is 0 Å². The van der Waals surface area contributed by atoms with Crippen molar-refractivity contribution >= 4 is 0 Å². The fourth-order valence-electron chi connectivity index (χ4n) is 2.63. The average molecular weight is 242 g/mol. The van der Waals surface area contributed by atoms with E-state index in [-0.39, 0.29) is 0 Å². The number of hydrogen-bond donors (Lipinski definition) is 1. The molecule has 0 radical (unpaired) electrons. The molecular weight excluding hydrogens is 212 g/mol. The lowest BCUT2D eigenvalue weighted by Crippen LogP contribution is -2.41. The minimum Gasteiger partial charge on any atom is -0.384 e. The van der Waals surface area contributed by atoms with Crippen LogP contribution in [0.15, 0.2) is 0 Å². The first-order valence-corrected chi connectivity index (χ1v) is 7.07. The summed E-state index contributed by atoms with van der Waals surface area (Å²) in [6.45, 7) is 12.6. The lowest BCUT2D eigenvalue weighted by Gasteiger charge is -2.34. The molecule has 1 saturated heterocycles. The standard InChI is InChI=1S/C14H30N2O/c1-12(2)16(9-13(3)11-17-4)10-14-5-7-15-8-6-14/h12-15H,5-11H2,1-4H3. The zero-order valence-electron chi connectivity index (χ0n) is 12.0. The predicted molar refractivity (Wildman–Crippen MR) is 73.3 cm³/mol. The Kier molecular flexibility index (Phi) is 7.09. The lowest BCUT2D eigenvalue weighted by molar-refractivity contribution is 0.102. The molecule has 0 amide bonds. The Balaban J connectivity index is 2.36. The topological polar surface area (TPSA) is 24.5 Å². The summed E-state index contributed by atoms with van der Waals surface area (Å²) < 4.78 is 5.24. The van der Waals surface area contributed by atoms with Crippen molar-refractivity contribution in [3.8, 4) is 0 Å². The van der Waals surface area contributed by atoms with Crippen molar-refractivity contribution in [1.82, 2.24) is 10.2 Å². The molecule has 17 heavy (non-hydrogen) atoms. The van der Waals surface area contributed by atoms with E-state index in [4.69, 9.17) is 4.74 Å². The summed E-state index contributed by atoms with van der Waals surface area (Å²) in [6.07, 6.45) is 2.67. The van der Waals surface area contributed by atoms with E-state index >= 15 is 0 Å². The molecule has 1 heterocycles. The Morgan fingerprint density at radius 2 is 1.88 bits per heavy atom. The highest BCUT2D eigenvalue weighted by Crippen LogP contribution is 2.16. The van der Waals surface area contributed by atoms with Crippen molar-refractivity contribution in [2.24, 2.45) is 11.8 Å². The van der Waals surface area contributed by atoms with Gasteiger partial charge in [0.1, 0.15) is 0 Å². The lowest BCUT2D eigenvalue weighted by atomic mass is 9.96. The second-order valence-electron chi connectivity index (χ2n) is 5.80. The van der Waals surface area contributed by atoms with Gasteiger partial charge in [0.25, 0.3) is 0 Å². The normalized spacial score (nSPS) is 20.1. The largest absolute Gasteiger partial charge is 0.384 e.